The number of nitrogens with two attached hydrogens (primary N) is 1. The molecule has 2 aromatic carbocycles. The van der Waals surface area contributed by atoms with E-state index in [2.05, 4.69) is 25.6 Å². The number of hydrogen-bond acceptors (Lipinski definition) is 11. The van der Waals surface area contributed by atoms with Gasteiger partial charge >= 0.3 is 6.01 Å². The molecule has 166 valence electrons. The molecule has 3 aromatic rings. The molecule has 0 aliphatic rings. The van der Waals surface area contributed by atoms with Crippen LogP contribution in [0.1, 0.15) is 0 Å². The second-order valence-corrected chi connectivity index (χ2v) is 8.93. The third kappa shape index (κ3) is 5.33. The normalized spacial score (nSPS) is 12.0. The number of rotatable bonds is 8. The summed E-state index contributed by atoms with van der Waals surface area (Å²) < 4.78 is 70.4. The first-order valence-corrected chi connectivity index (χ1v) is 11.4. The summed E-state index contributed by atoms with van der Waals surface area (Å²) in [7, 11) is -8.15. The topological polar surface area (TPSA) is 207 Å². The van der Waals surface area contributed by atoms with Gasteiger partial charge in [0, 0.05) is 24.2 Å². The molecule has 0 aliphatic carbocycles. The number of methoxy groups -OCH3 is 1. The molecule has 0 saturated heterocycles. The summed E-state index contributed by atoms with van der Waals surface area (Å²) in [5, 5.41) is 5.88. The van der Waals surface area contributed by atoms with E-state index in [0.29, 0.717) is 24.8 Å². The number of nitrogens with one attached hydrogen (secondary N) is 2. The van der Waals surface area contributed by atoms with Crippen molar-refractivity contribution < 1.29 is 30.7 Å². The molecule has 0 atom stereocenters. The van der Waals surface area contributed by atoms with E-state index < -0.39 is 30.0 Å². The Balaban J connectivity index is 2.09. The van der Waals surface area contributed by atoms with E-state index in [1.54, 1.807) is 0 Å². The smallest absolute Gasteiger partial charge is 0.322 e. The number of benzene rings is 2. The average molecular weight is 470 g/mol. The minimum absolute atomic E-state index is 0.00222. The lowest BCUT2D eigenvalue weighted by molar-refractivity contribution is 0.379. The molecular weight excluding hydrogens is 452 g/mol. The Bertz CT molecular complexity index is 1350. The van der Waals surface area contributed by atoms with Gasteiger partial charge in [-0.25, -0.2) is 0 Å². The van der Waals surface area contributed by atoms with Crippen molar-refractivity contribution in [2.45, 2.75) is 9.79 Å². The zero-order valence-corrected chi connectivity index (χ0v) is 17.6. The highest BCUT2D eigenvalue weighted by molar-refractivity contribution is 7.86. The fourth-order valence-electron chi connectivity index (χ4n) is 2.63. The minimum Gasteiger partial charge on any atom is -0.467 e. The number of anilines is 3. The Kier molecular flexibility index (Phi) is 6.23. The molecule has 0 fully saturated rings. The Morgan fingerprint density at radius 1 is 1.00 bits per heavy atom. The first-order chi connectivity index (χ1) is 14.5. The second kappa shape index (κ2) is 8.56. The number of hydrogen-bond donors (Lipinski definition) is 5. The third-order valence-electron chi connectivity index (χ3n) is 3.95. The van der Waals surface area contributed by atoms with Crippen LogP contribution in [0.5, 0.6) is 6.01 Å². The third-order valence-corrected chi connectivity index (χ3v) is 5.67. The maximum Gasteiger partial charge on any atom is 0.322 e. The zero-order valence-electron chi connectivity index (χ0n) is 16.0. The van der Waals surface area contributed by atoms with Gasteiger partial charge in [-0.15, -0.1) is 0 Å². The average Bonchev–Trinajstić information content (AvgIpc) is 2.69. The highest BCUT2D eigenvalue weighted by Gasteiger charge is 2.21. The lowest BCUT2D eigenvalue weighted by Crippen LogP contribution is -2.16. The summed E-state index contributed by atoms with van der Waals surface area (Å²) in [6.45, 7) is 0.738. The van der Waals surface area contributed by atoms with E-state index >= 15 is 0 Å². The fraction of sp³-hybridized carbons (Fsp3) is 0.188. The maximum absolute atomic E-state index is 11.8. The lowest BCUT2D eigenvalue weighted by atomic mass is 10.1. The van der Waals surface area contributed by atoms with Gasteiger partial charge in [0.2, 0.25) is 11.9 Å². The highest BCUT2D eigenvalue weighted by atomic mass is 32.2. The molecular formula is C16H18N6O7S2. The van der Waals surface area contributed by atoms with E-state index in [-0.39, 0.29) is 28.7 Å². The summed E-state index contributed by atoms with van der Waals surface area (Å²) >= 11 is 0. The van der Waals surface area contributed by atoms with Crippen LogP contribution >= 0.6 is 0 Å². The van der Waals surface area contributed by atoms with E-state index in [1.165, 1.54) is 25.3 Å². The van der Waals surface area contributed by atoms with Crippen molar-refractivity contribution in [2.24, 2.45) is 5.73 Å². The molecule has 3 rings (SSSR count). The van der Waals surface area contributed by atoms with E-state index in [1.807, 2.05) is 0 Å². The van der Waals surface area contributed by atoms with Crippen molar-refractivity contribution in [3.8, 4) is 6.01 Å². The van der Waals surface area contributed by atoms with Crippen molar-refractivity contribution in [2.75, 3.05) is 30.8 Å². The van der Waals surface area contributed by atoms with Crippen LogP contribution in [0.15, 0.2) is 40.1 Å². The summed E-state index contributed by atoms with van der Waals surface area (Å²) in [6, 6.07) is 5.98. The summed E-state index contributed by atoms with van der Waals surface area (Å²) in [4.78, 5) is 10.8. The SMILES string of the molecule is COc1nc(NCCN)nc(Nc2ccc3cc(S(=O)(=O)O)cc(S(=O)(=O)O)c3c2)n1. The first-order valence-electron chi connectivity index (χ1n) is 8.55. The molecule has 15 heteroatoms. The minimum atomic E-state index is -4.82. The summed E-state index contributed by atoms with van der Waals surface area (Å²) in [6.07, 6.45) is 0. The number of nitrogens with zero attached hydrogens (tertiary/aromatic N) is 3. The van der Waals surface area contributed by atoms with Gasteiger partial charge in [-0.2, -0.15) is 31.8 Å². The van der Waals surface area contributed by atoms with Crippen LogP contribution < -0.4 is 21.1 Å². The van der Waals surface area contributed by atoms with Gasteiger partial charge in [0.15, 0.2) is 0 Å². The molecule has 0 unspecified atom stereocenters. The van der Waals surface area contributed by atoms with E-state index in [4.69, 9.17) is 10.5 Å². The Morgan fingerprint density at radius 2 is 1.71 bits per heavy atom. The molecule has 0 bridgehead atoms. The van der Waals surface area contributed by atoms with Crippen LogP contribution in [0, 0.1) is 0 Å². The van der Waals surface area contributed by atoms with Gasteiger partial charge in [-0.3, -0.25) is 9.11 Å². The van der Waals surface area contributed by atoms with Crippen LogP contribution in [0.25, 0.3) is 10.8 Å². The lowest BCUT2D eigenvalue weighted by Gasteiger charge is -2.11. The van der Waals surface area contributed by atoms with Crippen molar-refractivity contribution in [3.05, 3.63) is 30.3 Å². The Labute approximate surface area is 177 Å². The quantitative estimate of drug-likeness (QED) is 0.287. The largest absolute Gasteiger partial charge is 0.467 e. The highest BCUT2D eigenvalue weighted by Crippen LogP contribution is 2.30. The zero-order chi connectivity index (χ0) is 22.8. The molecule has 0 aliphatic heterocycles. The van der Waals surface area contributed by atoms with Crippen LogP contribution in [0.2, 0.25) is 0 Å². The van der Waals surface area contributed by atoms with E-state index in [9.17, 15) is 25.9 Å². The van der Waals surface area contributed by atoms with Crippen molar-refractivity contribution in [1.29, 1.82) is 0 Å². The Hall–Kier alpha value is -3.11. The van der Waals surface area contributed by atoms with Gasteiger partial charge in [-0.1, -0.05) is 6.07 Å². The maximum atomic E-state index is 11.8. The summed E-state index contributed by atoms with van der Waals surface area (Å²) in [5.74, 6) is 0.255. The molecule has 1 aromatic heterocycles. The molecule has 1 heterocycles. The van der Waals surface area contributed by atoms with Crippen LogP contribution in [-0.2, 0) is 20.2 Å². The molecule has 0 spiro atoms. The number of fused-ring (bicyclic) bond motifs is 1. The van der Waals surface area contributed by atoms with Crippen LogP contribution in [-0.4, -0.2) is 61.1 Å². The van der Waals surface area contributed by atoms with Gasteiger partial charge < -0.3 is 21.1 Å². The fourth-order valence-corrected chi connectivity index (χ4v) is 3.98. The van der Waals surface area contributed by atoms with E-state index in [0.717, 1.165) is 6.07 Å². The van der Waals surface area contributed by atoms with Crippen LogP contribution in [0.4, 0.5) is 17.6 Å². The van der Waals surface area contributed by atoms with Crippen molar-refractivity contribution >= 4 is 48.6 Å². The molecule has 6 N–H and O–H groups in total. The number of aromatic nitrogens is 3. The molecule has 0 amide bonds. The second-order valence-electron chi connectivity index (χ2n) is 6.12. The van der Waals surface area contributed by atoms with Gasteiger partial charge in [-0.05, 0) is 29.7 Å². The van der Waals surface area contributed by atoms with Gasteiger partial charge in [0.05, 0.1) is 12.0 Å². The molecule has 31 heavy (non-hydrogen) atoms. The van der Waals surface area contributed by atoms with Crippen molar-refractivity contribution in [3.63, 3.8) is 0 Å². The molecule has 0 radical (unpaired) electrons. The monoisotopic (exact) mass is 470 g/mol. The van der Waals surface area contributed by atoms with Crippen LogP contribution in [0.3, 0.4) is 0 Å². The van der Waals surface area contributed by atoms with Gasteiger partial charge in [0.25, 0.3) is 20.2 Å². The Morgan fingerprint density at radius 3 is 2.32 bits per heavy atom. The molecule has 13 nitrogen and oxygen atoms in total. The molecule has 0 saturated carbocycles. The predicted molar refractivity (Wildman–Crippen MR) is 111 cm³/mol. The predicted octanol–water partition coefficient (Wildman–Crippen LogP) is 0.641. The number of ether oxygens (including phenoxy) is 1. The first kappa shape index (κ1) is 22.6. The van der Waals surface area contributed by atoms with Crippen molar-refractivity contribution in [1.82, 2.24) is 15.0 Å². The standard InChI is InChI=1S/C16H18N6O7S2/c1-29-16-21-14(18-5-4-17)20-15(22-16)19-10-3-2-9-6-11(30(23,24)25)8-13(12(9)7-10)31(26,27)28/h2-3,6-8H,4-5,17H2,1H3,(H,23,24,25)(H,26,27,28)(H2,18,19,20,21,22). The summed E-state index contributed by atoms with van der Waals surface area (Å²) in [5.41, 5.74) is 5.76. The van der Waals surface area contributed by atoms with Gasteiger partial charge in [0.1, 0.15) is 4.90 Å².